The Kier molecular flexibility index (Phi) is 76.7. The van der Waals surface area contributed by atoms with Gasteiger partial charge in [-0.15, -0.1) is 13.6 Å². The molecule has 0 aromatic carbocycles. The van der Waals surface area contributed by atoms with Crippen molar-refractivity contribution >= 4 is 24.8 Å². The molecule has 0 rings (SSSR count). The molecule has 0 aliphatic carbocycles. The molecule has 0 aliphatic rings. The average Bonchev–Trinajstić information content (AvgIpc) is 3.29. The van der Waals surface area contributed by atoms with Gasteiger partial charge in [0.2, 0.25) is 0 Å². The Morgan fingerprint density at radius 2 is 0.418 bits per heavy atom. The van der Waals surface area contributed by atoms with E-state index in [1.807, 2.05) is 0 Å². The van der Waals surface area contributed by atoms with E-state index in [1.54, 1.807) is 0 Å². The van der Waals surface area contributed by atoms with E-state index in [9.17, 15) is 28.4 Å². The molecule has 0 N–H and O–H groups in total. The first-order chi connectivity index (χ1) is 32.3. The van der Waals surface area contributed by atoms with Crippen molar-refractivity contribution in [3.8, 4) is 0 Å². The molecule has 0 aliphatic heterocycles. The van der Waals surface area contributed by atoms with Crippen LogP contribution in [0.4, 0.5) is 0 Å². The second kappa shape index (κ2) is 70.1. The number of rotatable bonds is 51. The number of hydrogen-bond acceptors (Lipinski definition) is 9. The summed E-state index contributed by atoms with van der Waals surface area (Å²) in [5.41, 5.74) is 0. The van der Waals surface area contributed by atoms with Crippen LogP contribution in [-0.4, -0.2) is 19.8 Å². The van der Waals surface area contributed by atoms with Crippen LogP contribution in [0.3, 0.4) is 0 Å². The first-order valence-electron chi connectivity index (χ1n) is 27.6. The van der Waals surface area contributed by atoms with Gasteiger partial charge in [-0.1, -0.05) is 231 Å². The zero-order valence-corrected chi connectivity index (χ0v) is 47.7. The predicted octanol–water partition coefficient (Wildman–Crippen LogP) is 18.2. The van der Waals surface area contributed by atoms with Gasteiger partial charge in [-0.3, -0.25) is 0 Å². The van der Waals surface area contributed by atoms with Gasteiger partial charge in [0.1, 0.15) is 19.8 Å². The largest absolute Gasteiger partial charge is 3.00 e. The molecular weight excluding hydrogens is 938 g/mol. The molecule has 0 spiro atoms. The maximum Gasteiger partial charge on any atom is 3.00 e. The van der Waals surface area contributed by atoms with Crippen molar-refractivity contribution in [2.45, 2.75) is 290 Å². The van der Waals surface area contributed by atoms with Crippen LogP contribution in [0.25, 0.3) is 0 Å². The van der Waals surface area contributed by atoms with E-state index in [0.717, 1.165) is 38.5 Å². The van der Waals surface area contributed by atoms with E-state index in [0.29, 0.717) is 19.8 Å². The molecule has 0 saturated heterocycles. The minimum atomic E-state index is -2.65. The standard InChI is InChI=1S/3C18H35O3P.Cr/c3*1-2-3-4-5-6-7-8-9-10-11-12-13-14-15-16-17-18-21-22(19)20;/h3*9-10H,2-8,11-18H2,1H3;/q;;;+3. The summed E-state index contributed by atoms with van der Waals surface area (Å²) >= 11 is 0. The van der Waals surface area contributed by atoms with Gasteiger partial charge in [-0.2, -0.15) is 0 Å². The Morgan fingerprint density at radius 1 is 0.269 bits per heavy atom. The van der Waals surface area contributed by atoms with Gasteiger partial charge in [0.15, 0.2) is 0 Å². The number of allylic oxidation sites excluding steroid dienone is 6. The molecule has 0 fully saturated rings. The van der Waals surface area contributed by atoms with Gasteiger partial charge in [-0.05, 0) is 110 Å². The van der Waals surface area contributed by atoms with E-state index in [2.05, 4.69) is 70.8 Å². The van der Waals surface area contributed by atoms with Crippen molar-refractivity contribution in [3.63, 3.8) is 0 Å². The first-order valence-corrected chi connectivity index (χ1v) is 30.9. The zero-order chi connectivity index (χ0) is 48.9. The van der Waals surface area contributed by atoms with Gasteiger partial charge in [0.05, 0.1) is 0 Å². The molecule has 67 heavy (non-hydrogen) atoms. The zero-order valence-electron chi connectivity index (χ0n) is 43.7. The molecule has 3 unspecified atom stereocenters. The van der Waals surface area contributed by atoms with Crippen LogP contribution in [0.5, 0.6) is 0 Å². The molecule has 0 bridgehead atoms. The van der Waals surface area contributed by atoms with E-state index in [4.69, 9.17) is 0 Å². The van der Waals surface area contributed by atoms with Crippen LogP contribution >= 0.6 is 24.8 Å². The number of hydrogen-bond donors (Lipinski definition) is 0. The minimum absolute atomic E-state index is 0. The Hall–Kier alpha value is -0.188. The normalized spacial score (nSPS) is 12.0. The van der Waals surface area contributed by atoms with Gasteiger partial charge in [-0.25, -0.2) is 0 Å². The molecular formula is C54H105CrO9P3+3. The maximum atomic E-state index is 10.2. The van der Waals surface area contributed by atoms with Crippen molar-refractivity contribution < 1.29 is 59.3 Å². The third kappa shape index (κ3) is 83.0. The van der Waals surface area contributed by atoms with Crippen LogP contribution < -0.4 is 14.7 Å². The summed E-state index contributed by atoms with van der Waals surface area (Å²) in [5, 5.41) is 0. The smallest absolute Gasteiger partial charge is 0.566 e. The van der Waals surface area contributed by atoms with E-state index in [-0.39, 0.29) is 17.4 Å². The second-order valence-electron chi connectivity index (χ2n) is 18.0. The fourth-order valence-corrected chi connectivity index (χ4v) is 8.30. The molecule has 0 aromatic heterocycles. The first kappa shape index (κ1) is 73.3. The Balaban J connectivity index is -0.000000441. The van der Waals surface area contributed by atoms with Crippen LogP contribution in [-0.2, 0) is 44.6 Å². The quantitative estimate of drug-likeness (QED) is 0.0330. The van der Waals surface area contributed by atoms with E-state index >= 15 is 0 Å². The van der Waals surface area contributed by atoms with Crippen LogP contribution in [0.15, 0.2) is 36.5 Å². The molecule has 3 atom stereocenters. The summed E-state index contributed by atoms with van der Waals surface area (Å²) in [5.74, 6) is 0. The van der Waals surface area contributed by atoms with E-state index < -0.39 is 24.8 Å². The molecule has 393 valence electrons. The molecule has 13 heteroatoms. The minimum Gasteiger partial charge on any atom is -0.566 e. The second-order valence-corrected chi connectivity index (χ2v) is 20.1. The Bertz CT molecular complexity index is 937. The van der Waals surface area contributed by atoms with Crippen molar-refractivity contribution in [2.75, 3.05) is 19.8 Å². The molecule has 9 nitrogen and oxygen atoms in total. The molecule has 0 heterocycles. The van der Waals surface area contributed by atoms with Crippen molar-refractivity contribution in [2.24, 2.45) is 0 Å². The fourth-order valence-electron chi connectivity index (χ4n) is 7.47. The average molecular weight is 1040 g/mol. The fraction of sp³-hybridized carbons (Fsp3) is 0.889. The number of unbranched alkanes of at least 4 members (excludes halogenated alkanes) is 36. The summed E-state index contributed by atoms with van der Waals surface area (Å²) in [6.45, 7) is 7.82. The molecule has 0 aromatic rings. The molecule has 0 amide bonds. The van der Waals surface area contributed by atoms with Crippen LogP contribution in [0.2, 0.25) is 0 Å². The Morgan fingerprint density at radius 3 is 0.582 bits per heavy atom. The van der Waals surface area contributed by atoms with E-state index in [1.165, 1.54) is 231 Å². The van der Waals surface area contributed by atoms with Gasteiger partial charge >= 0.3 is 42.1 Å². The SMILES string of the molecule is CCCCCCCCC=CCCCCCCCCO[P+](=O)[O-].CCCCCCCCC=CCCCCCCCCO[P+](=O)[O-].CCCCCCCCC=CCCCCCCCCO[P+](=O)[O-].[Cr+3]. The summed E-state index contributed by atoms with van der Waals surface area (Å²) < 4.78 is 44.0. The van der Waals surface area contributed by atoms with Gasteiger partial charge in [0.25, 0.3) is 0 Å². The summed E-state index contributed by atoms with van der Waals surface area (Å²) in [6, 6.07) is 0. The summed E-state index contributed by atoms with van der Waals surface area (Å²) in [6.07, 6.45) is 66.8. The molecule has 0 saturated carbocycles. The van der Waals surface area contributed by atoms with Gasteiger partial charge < -0.3 is 14.7 Å². The summed E-state index contributed by atoms with van der Waals surface area (Å²) in [7, 11) is -7.95. The monoisotopic (exact) mass is 1040 g/mol. The topological polar surface area (TPSA) is 148 Å². The van der Waals surface area contributed by atoms with Crippen molar-refractivity contribution in [1.82, 2.24) is 0 Å². The van der Waals surface area contributed by atoms with Crippen molar-refractivity contribution in [1.29, 1.82) is 0 Å². The molecule has 1 radical (unpaired) electrons. The third-order valence-electron chi connectivity index (χ3n) is 11.6. The van der Waals surface area contributed by atoms with Gasteiger partial charge in [0, 0.05) is 0 Å². The summed E-state index contributed by atoms with van der Waals surface area (Å²) in [4.78, 5) is 30.5. The predicted molar refractivity (Wildman–Crippen MR) is 279 cm³/mol. The van der Waals surface area contributed by atoms with Crippen LogP contribution in [0, 0.1) is 0 Å². The Labute approximate surface area is 428 Å². The maximum absolute atomic E-state index is 10.2. The third-order valence-corrected chi connectivity index (χ3v) is 12.7. The van der Waals surface area contributed by atoms with Crippen LogP contribution in [0.1, 0.15) is 290 Å². The van der Waals surface area contributed by atoms with Crippen molar-refractivity contribution in [3.05, 3.63) is 36.5 Å².